The summed E-state index contributed by atoms with van der Waals surface area (Å²) in [5.41, 5.74) is 7.43. The Kier molecular flexibility index (Phi) is 3.24. The van der Waals surface area contributed by atoms with Gasteiger partial charge in [-0.3, -0.25) is 9.69 Å². The lowest BCUT2D eigenvalue weighted by Crippen LogP contribution is -2.68. The summed E-state index contributed by atoms with van der Waals surface area (Å²) < 4.78 is 10.6. The number of aliphatic carboxylic acids is 1. The number of amides is 1. The standard InChI is InChI=1S/C15H14N2O5S/c16-11-13(18)17-12(15(19)20)8(5-23-14(11)17)3-7-1-2-9-10(4-7)22-6-21-9/h1-2,4,11,14H,3,5-6,16H2,(H,19,20)/t11-,14+/m1/s1. The van der Waals surface area contributed by atoms with Crippen molar-refractivity contribution in [3.8, 4) is 11.5 Å². The van der Waals surface area contributed by atoms with Gasteiger partial charge in [0.05, 0.1) is 0 Å². The van der Waals surface area contributed by atoms with Gasteiger partial charge in [0.2, 0.25) is 12.7 Å². The lowest BCUT2D eigenvalue weighted by molar-refractivity contribution is -0.148. The first kappa shape index (κ1) is 14.4. The number of nitrogens with zero attached hydrogens (tertiary/aromatic N) is 1. The van der Waals surface area contributed by atoms with Crippen LogP contribution in [0.4, 0.5) is 0 Å². The second kappa shape index (κ2) is 5.17. The Morgan fingerprint density at radius 3 is 2.96 bits per heavy atom. The Balaban J connectivity index is 1.66. The Morgan fingerprint density at radius 1 is 1.39 bits per heavy atom. The molecule has 0 bridgehead atoms. The fourth-order valence-electron chi connectivity index (χ4n) is 3.01. The molecule has 0 radical (unpaired) electrons. The van der Waals surface area contributed by atoms with Gasteiger partial charge in [-0.2, -0.15) is 0 Å². The number of carbonyl (C=O) groups excluding carboxylic acids is 1. The quantitative estimate of drug-likeness (QED) is 0.778. The Morgan fingerprint density at radius 2 is 2.17 bits per heavy atom. The number of carbonyl (C=O) groups is 2. The molecule has 0 aromatic heterocycles. The minimum atomic E-state index is -1.09. The first-order valence-corrected chi connectivity index (χ1v) is 8.15. The summed E-state index contributed by atoms with van der Waals surface area (Å²) in [5, 5.41) is 9.25. The van der Waals surface area contributed by atoms with E-state index in [-0.39, 0.29) is 23.8 Å². The third-order valence-corrected chi connectivity index (χ3v) is 5.51. The van der Waals surface area contributed by atoms with Gasteiger partial charge in [-0.1, -0.05) is 6.07 Å². The molecule has 3 N–H and O–H groups in total. The Labute approximate surface area is 136 Å². The molecule has 1 aromatic carbocycles. The highest BCUT2D eigenvalue weighted by molar-refractivity contribution is 8.00. The summed E-state index contributed by atoms with van der Waals surface area (Å²) in [4.78, 5) is 24.9. The van der Waals surface area contributed by atoms with Crippen LogP contribution in [0, 0.1) is 0 Å². The smallest absolute Gasteiger partial charge is 0.352 e. The molecule has 0 spiro atoms. The highest BCUT2D eigenvalue weighted by Gasteiger charge is 2.51. The number of hydrogen-bond acceptors (Lipinski definition) is 6. The van der Waals surface area contributed by atoms with Crippen molar-refractivity contribution in [2.45, 2.75) is 17.8 Å². The molecule has 3 heterocycles. The molecule has 3 aliphatic heterocycles. The number of nitrogens with two attached hydrogens (primary N) is 1. The second-order valence-electron chi connectivity index (χ2n) is 5.56. The van der Waals surface area contributed by atoms with E-state index in [9.17, 15) is 14.7 Å². The van der Waals surface area contributed by atoms with Crippen molar-refractivity contribution in [2.75, 3.05) is 12.5 Å². The van der Waals surface area contributed by atoms with E-state index in [1.807, 2.05) is 18.2 Å². The number of benzene rings is 1. The van der Waals surface area contributed by atoms with E-state index in [1.165, 1.54) is 16.7 Å². The molecule has 120 valence electrons. The molecule has 7 nitrogen and oxygen atoms in total. The van der Waals surface area contributed by atoms with Gasteiger partial charge in [-0.25, -0.2) is 4.79 Å². The van der Waals surface area contributed by atoms with E-state index in [4.69, 9.17) is 15.2 Å². The van der Waals surface area contributed by atoms with Crippen molar-refractivity contribution < 1.29 is 24.2 Å². The van der Waals surface area contributed by atoms with E-state index < -0.39 is 12.0 Å². The van der Waals surface area contributed by atoms with Gasteiger partial charge >= 0.3 is 5.97 Å². The van der Waals surface area contributed by atoms with Gasteiger partial charge < -0.3 is 20.3 Å². The van der Waals surface area contributed by atoms with Crippen molar-refractivity contribution in [3.63, 3.8) is 0 Å². The zero-order chi connectivity index (χ0) is 16.1. The highest BCUT2D eigenvalue weighted by atomic mass is 32.2. The number of hydrogen-bond donors (Lipinski definition) is 2. The van der Waals surface area contributed by atoms with Crippen molar-refractivity contribution >= 4 is 23.6 Å². The fourth-order valence-corrected chi connectivity index (χ4v) is 4.31. The molecule has 0 unspecified atom stereocenters. The van der Waals surface area contributed by atoms with Gasteiger partial charge in [-0.05, 0) is 29.7 Å². The Hall–Kier alpha value is -2.19. The lowest BCUT2D eigenvalue weighted by atomic mass is 9.99. The monoisotopic (exact) mass is 334 g/mol. The van der Waals surface area contributed by atoms with Gasteiger partial charge in [0.25, 0.3) is 0 Å². The third-order valence-electron chi connectivity index (χ3n) is 4.15. The minimum Gasteiger partial charge on any atom is -0.477 e. The number of carboxylic acid groups (broad SMARTS) is 1. The molecule has 1 aromatic rings. The molecule has 23 heavy (non-hydrogen) atoms. The predicted octanol–water partition coefficient (Wildman–Crippen LogP) is 0.539. The maximum absolute atomic E-state index is 11.9. The summed E-state index contributed by atoms with van der Waals surface area (Å²) in [6.45, 7) is 0.194. The number of carboxylic acids is 1. The van der Waals surface area contributed by atoms with E-state index in [2.05, 4.69) is 0 Å². The molecule has 2 atom stereocenters. The number of thioether (sulfide) groups is 1. The van der Waals surface area contributed by atoms with E-state index in [1.54, 1.807) is 0 Å². The molecule has 4 rings (SSSR count). The zero-order valence-electron chi connectivity index (χ0n) is 12.0. The summed E-state index contributed by atoms with van der Waals surface area (Å²) in [5.74, 6) is 0.457. The van der Waals surface area contributed by atoms with Gasteiger partial charge in [0, 0.05) is 5.75 Å². The summed E-state index contributed by atoms with van der Waals surface area (Å²) in [7, 11) is 0. The number of ether oxygens (including phenoxy) is 2. The van der Waals surface area contributed by atoms with Crippen LogP contribution >= 0.6 is 11.8 Å². The maximum atomic E-state index is 11.9. The van der Waals surface area contributed by atoms with Crippen LogP contribution in [-0.2, 0) is 16.0 Å². The number of rotatable bonds is 3. The maximum Gasteiger partial charge on any atom is 0.352 e. The second-order valence-corrected chi connectivity index (χ2v) is 6.66. The zero-order valence-corrected chi connectivity index (χ0v) is 12.8. The fraction of sp³-hybridized carbons (Fsp3) is 0.333. The first-order valence-electron chi connectivity index (χ1n) is 7.10. The summed E-state index contributed by atoms with van der Waals surface area (Å²) >= 11 is 1.50. The average molecular weight is 334 g/mol. The van der Waals surface area contributed by atoms with Crippen molar-refractivity contribution in [3.05, 3.63) is 35.0 Å². The van der Waals surface area contributed by atoms with Crippen LogP contribution < -0.4 is 15.2 Å². The molecular weight excluding hydrogens is 320 g/mol. The third kappa shape index (κ3) is 2.17. The van der Waals surface area contributed by atoms with Crippen LogP contribution in [0.15, 0.2) is 29.5 Å². The molecule has 0 aliphatic carbocycles. The molecule has 3 aliphatic rings. The van der Waals surface area contributed by atoms with E-state index >= 15 is 0 Å². The van der Waals surface area contributed by atoms with Gasteiger partial charge in [-0.15, -0.1) is 11.8 Å². The normalized spacial score (nSPS) is 25.3. The van der Waals surface area contributed by atoms with Crippen LogP contribution in [0.3, 0.4) is 0 Å². The largest absolute Gasteiger partial charge is 0.477 e. The average Bonchev–Trinajstić information content (AvgIpc) is 3.01. The van der Waals surface area contributed by atoms with Crippen molar-refractivity contribution in [1.29, 1.82) is 0 Å². The highest BCUT2D eigenvalue weighted by Crippen LogP contribution is 2.41. The van der Waals surface area contributed by atoms with Crippen molar-refractivity contribution in [1.82, 2.24) is 4.90 Å². The van der Waals surface area contributed by atoms with E-state index in [0.29, 0.717) is 29.2 Å². The summed E-state index contributed by atoms with van der Waals surface area (Å²) in [6.07, 6.45) is 0.441. The first-order chi connectivity index (χ1) is 11.1. The van der Waals surface area contributed by atoms with Gasteiger partial charge in [0.15, 0.2) is 11.5 Å². The summed E-state index contributed by atoms with van der Waals surface area (Å²) in [6, 6.07) is 4.92. The van der Waals surface area contributed by atoms with Crippen LogP contribution in [0.25, 0.3) is 0 Å². The molecule has 1 fully saturated rings. The molecule has 1 saturated heterocycles. The Bertz CT molecular complexity index is 747. The topological polar surface area (TPSA) is 102 Å². The molecular formula is C15H14N2O5S. The van der Waals surface area contributed by atoms with Crippen LogP contribution in [0.5, 0.6) is 11.5 Å². The SMILES string of the molecule is N[C@@H]1C(=O)N2C(C(=O)O)=C(Cc3ccc4c(c3)OCO4)CS[C@@H]12. The predicted molar refractivity (Wildman–Crippen MR) is 82.0 cm³/mol. The van der Waals surface area contributed by atoms with Crippen molar-refractivity contribution in [2.24, 2.45) is 5.73 Å². The molecule has 0 saturated carbocycles. The van der Waals surface area contributed by atoms with Crippen LogP contribution in [-0.4, -0.2) is 45.8 Å². The number of fused-ring (bicyclic) bond motifs is 2. The molecule has 8 heteroatoms. The van der Waals surface area contributed by atoms with Crippen LogP contribution in [0.2, 0.25) is 0 Å². The van der Waals surface area contributed by atoms with Crippen LogP contribution in [0.1, 0.15) is 5.56 Å². The van der Waals surface area contributed by atoms with Gasteiger partial charge in [0.1, 0.15) is 17.1 Å². The molecule has 1 amide bonds. The minimum absolute atomic E-state index is 0.0677. The lowest BCUT2D eigenvalue weighted by Gasteiger charge is -2.48. The number of β-lactam (4-membered cyclic amide) rings is 1. The van der Waals surface area contributed by atoms with E-state index in [0.717, 1.165) is 5.56 Å².